The van der Waals surface area contributed by atoms with Crippen molar-refractivity contribution in [2.45, 2.75) is 52.6 Å². The first-order chi connectivity index (χ1) is 14.4. The van der Waals surface area contributed by atoms with Gasteiger partial charge in [0.15, 0.2) is 0 Å². The first-order valence-corrected chi connectivity index (χ1v) is 9.82. The van der Waals surface area contributed by atoms with Crippen LogP contribution in [0.1, 0.15) is 59.4 Å². The molecule has 0 saturated heterocycles. The zero-order valence-corrected chi connectivity index (χ0v) is 17.8. The van der Waals surface area contributed by atoms with Crippen LogP contribution in [0.4, 0.5) is 13.2 Å². The Morgan fingerprint density at radius 3 is 2.16 bits per heavy atom. The van der Waals surface area contributed by atoms with Gasteiger partial charge in [-0.3, -0.25) is 4.79 Å². The minimum atomic E-state index is -4.41. The van der Waals surface area contributed by atoms with Crippen LogP contribution in [0.5, 0.6) is 0 Å². The molecule has 5 nitrogen and oxygen atoms in total. The van der Waals surface area contributed by atoms with E-state index in [1.807, 2.05) is 13.8 Å². The SMILES string of the molecule is Cc1cc(C(C)NC(=O)C(OCc2ccc(C(F)(F)F)cc2)C(C)C)ccc1C(=O)O. The lowest BCUT2D eigenvalue weighted by Gasteiger charge is -2.24. The largest absolute Gasteiger partial charge is 0.478 e. The van der Waals surface area contributed by atoms with Crippen LogP contribution >= 0.6 is 0 Å². The van der Waals surface area contributed by atoms with Crippen LogP contribution in [-0.2, 0) is 22.3 Å². The maximum absolute atomic E-state index is 12.8. The fourth-order valence-corrected chi connectivity index (χ4v) is 3.12. The van der Waals surface area contributed by atoms with E-state index < -0.39 is 23.8 Å². The number of aryl methyl sites for hydroxylation is 1. The maximum atomic E-state index is 12.8. The number of carbonyl (C=O) groups is 2. The van der Waals surface area contributed by atoms with Gasteiger partial charge in [-0.25, -0.2) is 4.79 Å². The summed E-state index contributed by atoms with van der Waals surface area (Å²) in [5, 5.41) is 12.0. The van der Waals surface area contributed by atoms with Crippen LogP contribution in [0, 0.1) is 12.8 Å². The predicted octanol–water partition coefficient (Wildman–Crippen LogP) is 5.13. The molecule has 2 unspecified atom stereocenters. The Balaban J connectivity index is 2.03. The Morgan fingerprint density at radius 1 is 1.06 bits per heavy atom. The van der Waals surface area contributed by atoms with Gasteiger partial charge in [0.1, 0.15) is 6.10 Å². The lowest BCUT2D eigenvalue weighted by atomic mass is 10.00. The summed E-state index contributed by atoms with van der Waals surface area (Å²) in [5.41, 5.74) is 1.32. The lowest BCUT2D eigenvalue weighted by molar-refractivity contribution is -0.137. The highest BCUT2D eigenvalue weighted by atomic mass is 19.4. The van der Waals surface area contributed by atoms with E-state index in [9.17, 15) is 22.8 Å². The van der Waals surface area contributed by atoms with Gasteiger partial charge in [-0.2, -0.15) is 13.2 Å². The van der Waals surface area contributed by atoms with Gasteiger partial charge in [-0.15, -0.1) is 0 Å². The number of carboxylic acid groups (broad SMARTS) is 1. The molecule has 0 aliphatic carbocycles. The van der Waals surface area contributed by atoms with Crippen molar-refractivity contribution in [2.24, 2.45) is 5.92 Å². The molecule has 0 fully saturated rings. The van der Waals surface area contributed by atoms with Crippen LogP contribution in [0.2, 0.25) is 0 Å². The molecule has 2 aromatic carbocycles. The highest BCUT2D eigenvalue weighted by Crippen LogP contribution is 2.29. The summed E-state index contributed by atoms with van der Waals surface area (Å²) in [6, 6.07) is 9.09. The number of hydrogen-bond acceptors (Lipinski definition) is 3. The molecule has 2 aromatic rings. The standard InChI is InChI=1S/C23H26F3NO4/c1-13(2)20(31-12-16-5-8-18(9-6-16)23(24,25)26)21(28)27-15(4)17-7-10-19(22(29)30)14(3)11-17/h5-11,13,15,20H,12H2,1-4H3,(H,27,28)(H,29,30). The second kappa shape index (κ2) is 9.96. The molecular weight excluding hydrogens is 411 g/mol. The normalized spacial score (nSPS) is 13.7. The van der Waals surface area contributed by atoms with Crippen molar-refractivity contribution in [2.75, 3.05) is 0 Å². The van der Waals surface area contributed by atoms with Crippen molar-refractivity contribution in [1.29, 1.82) is 0 Å². The van der Waals surface area contributed by atoms with Gasteiger partial charge < -0.3 is 15.2 Å². The summed E-state index contributed by atoms with van der Waals surface area (Å²) < 4.78 is 43.8. The number of amides is 1. The minimum Gasteiger partial charge on any atom is -0.478 e. The average molecular weight is 437 g/mol. The van der Waals surface area contributed by atoms with E-state index in [0.29, 0.717) is 11.1 Å². The molecule has 0 aliphatic heterocycles. The second-order valence-corrected chi connectivity index (χ2v) is 7.78. The number of carboxylic acids is 1. The van der Waals surface area contributed by atoms with Crippen molar-refractivity contribution in [3.05, 3.63) is 70.3 Å². The van der Waals surface area contributed by atoms with E-state index in [1.165, 1.54) is 18.2 Å². The summed E-state index contributed by atoms with van der Waals surface area (Å²) in [4.78, 5) is 23.9. The number of rotatable bonds is 8. The highest BCUT2D eigenvalue weighted by molar-refractivity contribution is 5.89. The number of ether oxygens (including phenoxy) is 1. The number of hydrogen-bond donors (Lipinski definition) is 2. The first kappa shape index (κ1) is 24.4. The first-order valence-electron chi connectivity index (χ1n) is 9.82. The topological polar surface area (TPSA) is 75.6 Å². The van der Waals surface area contributed by atoms with Gasteiger partial charge in [0.25, 0.3) is 0 Å². The van der Waals surface area contributed by atoms with Crippen molar-refractivity contribution in [3.63, 3.8) is 0 Å². The molecule has 0 heterocycles. The van der Waals surface area contributed by atoms with Crippen molar-refractivity contribution < 1.29 is 32.6 Å². The Labute approximate surface area is 179 Å². The zero-order chi connectivity index (χ0) is 23.3. The molecule has 31 heavy (non-hydrogen) atoms. The Bertz CT molecular complexity index is 923. The van der Waals surface area contributed by atoms with Gasteiger partial charge >= 0.3 is 12.1 Å². The van der Waals surface area contributed by atoms with Gasteiger partial charge in [-0.05, 0) is 54.7 Å². The van der Waals surface area contributed by atoms with E-state index in [0.717, 1.165) is 17.7 Å². The Hall–Kier alpha value is -2.87. The number of alkyl halides is 3. The zero-order valence-electron chi connectivity index (χ0n) is 17.8. The van der Waals surface area contributed by atoms with Crippen molar-refractivity contribution in [3.8, 4) is 0 Å². The quantitative estimate of drug-likeness (QED) is 0.600. The molecule has 0 saturated carbocycles. The molecule has 2 N–H and O–H groups in total. The molecule has 0 aromatic heterocycles. The van der Waals surface area contributed by atoms with E-state index >= 15 is 0 Å². The van der Waals surface area contributed by atoms with Crippen molar-refractivity contribution in [1.82, 2.24) is 5.32 Å². The van der Waals surface area contributed by atoms with Gasteiger partial charge in [0, 0.05) is 0 Å². The molecule has 168 valence electrons. The number of halogens is 3. The summed E-state index contributed by atoms with van der Waals surface area (Å²) in [7, 11) is 0. The average Bonchev–Trinajstić information content (AvgIpc) is 2.67. The molecule has 0 aliphatic rings. The fraction of sp³-hybridized carbons (Fsp3) is 0.391. The van der Waals surface area contributed by atoms with Crippen LogP contribution in [0.15, 0.2) is 42.5 Å². The van der Waals surface area contributed by atoms with E-state index in [2.05, 4.69) is 5.32 Å². The van der Waals surface area contributed by atoms with Crippen LogP contribution in [0.25, 0.3) is 0 Å². The number of nitrogens with one attached hydrogen (secondary N) is 1. The molecule has 2 atom stereocenters. The predicted molar refractivity (Wildman–Crippen MR) is 110 cm³/mol. The van der Waals surface area contributed by atoms with E-state index in [1.54, 1.807) is 26.0 Å². The van der Waals surface area contributed by atoms with Crippen LogP contribution in [-0.4, -0.2) is 23.1 Å². The van der Waals surface area contributed by atoms with Gasteiger partial charge in [0.2, 0.25) is 5.91 Å². The van der Waals surface area contributed by atoms with Crippen LogP contribution < -0.4 is 5.32 Å². The second-order valence-electron chi connectivity index (χ2n) is 7.78. The van der Waals surface area contributed by atoms with E-state index in [-0.39, 0.29) is 30.0 Å². The summed E-state index contributed by atoms with van der Waals surface area (Å²) in [6.45, 7) is 7.09. The number of aromatic carboxylic acids is 1. The Kier molecular flexibility index (Phi) is 7.84. The number of carbonyl (C=O) groups excluding carboxylic acids is 1. The van der Waals surface area contributed by atoms with Gasteiger partial charge in [0.05, 0.1) is 23.8 Å². The minimum absolute atomic E-state index is 0.00476. The lowest BCUT2D eigenvalue weighted by Crippen LogP contribution is -2.40. The molecule has 0 radical (unpaired) electrons. The summed E-state index contributed by atoms with van der Waals surface area (Å²) in [6.07, 6.45) is -5.21. The fourth-order valence-electron chi connectivity index (χ4n) is 3.12. The monoisotopic (exact) mass is 437 g/mol. The molecule has 2 rings (SSSR count). The third kappa shape index (κ3) is 6.55. The van der Waals surface area contributed by atoms with Crippen LogP contribution in [0.3, 0.4) is 0 Å². The molecular formula is C23H26F3NO4. The maximum Gasteiger partial charge on any atom is 0.416 e. The molecule has 8 heteroatoms. The van der Waals surface area contributed by atoms with Gasteiger partial charge in [-0.1, -0.05) is 38.1 Å². The summed E-state index contributed by atoms with van der Waals surface area (Å²) >= 11 is 0. The molecule has 0 spiro atoms. The highest BCUT2D eigenvalue weighted by Gasteiger charge is 2.30. The third-order valence-corrected chi connectivity index (χ3v) is 4.91. The molecule has 0 bridgehead atoms. The van der Waals surface area contributed by atoms with Crippen molar-refractivity contribution >= 4 is 11.9 Å². The smallest absolute Gasteiger partial charge is 0.416 e. The third-order valence-electron chi connectivity index (χ3n) is 4.91. The van der Waals surface area contributed by atoms with E-state index in [4.69, 9.17) is 9.84 Å². The summed E-state index contributed by atoms with van der Waals surface area (Å²) in [5.74, 6) is -1.54. The Morgan fingerprint density at radius 2 is 1.68 bits per heavy atom. The molecule has 1 amide bonds. The number of benzene rings is 2.